The molecule has 1 heterocycles. The molecule has 0 unspecified atom stereocenters. The Morgan fingerprint density at radius 2 is 1.50 bits per heavy atom. The minimum Gasteiger partial charge on any atom is -0.493 e. The summed E-state index contributed by atoms with van der Waals surface area (Å²) in [5, 5.41) is 5.92. The maximum Gasteiger partial charge on any atom is 0.175 e. The van der Waals surface area contributed by atoms with Crippen molar-refractivity contribution < 1.29 is 19.1 Å². The molecule has 5 nitrogen and oxygen atoms in total. The maximum absolute atomic E-state index is 13.7. The van der Waals surface area contributed by atoms with E-state index in [4.69, 9.17) is 9.47 Å². The van der Waals surface area contributed by atoms with Crippen LogP contribution < -0.4 is 14.8 Å². The Kier molecular flexibility index (Phi) is 7.12. The van der Waals surface area contributed by atoms with Gasteiger partial charge in [0, 0.05) is 46.9 Å². The van der Waals surface area contributed by atoms with Gasteiger partial charge in [-0.05, 0) is 80.6 Å². The van der Waals surface area contributed by atoms with Crippen molar-refractivity contribution in [3.63, 3.8) is 0 Å². The Morgan fingerprint density at radius 3 is 2.12 bits per heavy atom. The van der Waals surface area contributed by atoms with E-state index in [2.05, 4.69) is 80.1 Å². The Balaban J connectivity index is 1.43. The lowest BCUT2D eigenvalue weighted by Gasteiger charge is -2.44. The van der Waals surface area contributed by atoms with E-state index in [-0.39, 0.29) is 22.4 Å². The Bertz CT molecular complexity index is 1660. The highest BCUT2D eigenvalue weighted by Crippen LogP contribution is 2.52. The van der Waals surface area contributed by atoms with Gasteiger partial charge >= 0.3 is 0 Å². The van der Waals surface area contributed by atoms with Crippen molar-refractivity contribution >= 4 is 38.3 Å². The number of hydrogen-bond acceptors (Lipinski definition) is 5. The lowest BCUT2D eigenvalue weighted by Crippen LogP contribution is -2.42. The molecule has 0 saturated carbocycles. The summed E-state index contributed by atoms with van der Waals surface area (Å²) in [6, 6.07) is 16.5. The van der Waals surface area contributed by atoms with Crippen LogP contribution in [0.1, 0.15) is 76.0 Å². The van der Waals surface area contributed by atoms with E-state index >= 15 is 0 Å². The number of ketones is 2. The number of nitrogens with one attached hydrogen (secondary N) is 1. The number of Topliss-reactive ketones (excluding diaryl/α,β-unsaturated/α-hetero) is 2. The van der Waals surface area contributed by atoms with E-state index < -0.39 is 5.92 Å². The molecular weight excluding hydrogens is 590 g/mol. The third-order valence-electron chi connectivity index (χ3n) is 8.94. The maximum atomic E-state index is 13.7. The number of dihydropyridines is 1. The summed E-state index contributed by atoms with van der Waals surface area (Å²) in [4.78, 5) is 27.5. The van der Waals surface area contributed by atoms with Gasteiger partial charge in [-0.25, -0.2) is 0 Å². The van der Waals surface area contributed by atoms with Crippen molar-refractivity contribution in [3.8, 4) is 11.5 Å². The van der Waals surface area contributed by atoms with Crippen LogP contribution in [-0.2, 0) is 16.2 Å². The highest BCUT2D eigenvalue weighted by atomic mass is 79.9. The average Bonchev–Trinajstić information content (AvgIpc) is 2.90. The average molecular weight is 629 g/mol. The van der Waals surface area contributed by atoms with Crippen LogP contribution in [0.2, 0.25) is 0 Å². The Morgan fingerprint density at radius 1 is 0.881 bits per heavy atom. The number of hydrogen-bond donors (Lipinski definition) is 1. The van der Waals surface area contributed by atoms with Crippen molar-refractivity contribution in [2.24, 2.45) is 10.8 Å². The zero-order valence-electron chi connectivity index (χ0n) is 25.2. The molecule has 0 spiro atoms. The van der Waals surface area contributed by atoms with Crippen molar-refractivity contribution in [3.05, 3.63) is 92.2 Å². The number of aryl methyl sites for hydroxylation is 1. The fourth-order valence-electron chi connectivity index (χ4n) is 7.05. The van der Waals surface area contributed by atoms with Crippen LogP contribution >= 0.6 is 15.9 Å². The van der Waals surface area contributed by atoms with Gasteiger partial charge in [-0.2, -0.15) is 0 Å². The molecule has 6 heteroatoms. The predicted molar refractivity (Wildman–Crippen MR) is 170 cm³/mol. The molecule has 0 aromatic heterocycles. The summed E-state index contributed by atoms with van der Waals surface area (Å²) in [6.45, 7) is 11.0. The van der Waals surface area contributed by atoms with Gasteiger partial charge in [-0.1, -0.05) is 64.1 Å². The Labute approximate surface area is 256 Å². The van der Waals surface area contributed by atoms with Crippen LogP contribution in [0.25, 0.3) is 10.8 Å². The number of fused-ring (bicyclic) bond motifs is 1. The molecular formula is C36H38BrNO4. The quantitative estimate of drug-likeness (QED) is 0.307. The smallest absolute Gasteiger partial charge is 0.175 e. The number of carbonyl (C=O) groups excluding carboxylic acids is 2. The SMILES string of the molecule is COc1cc(C2C3=C(CC(C)(C)CC3=O)NC3=C2C(=O)CC(C)(C)C3)cc(Br)c1OCc1c(C)ccc2ccccc12. The van der Waals surface area contributed by atoms with Gasteiger partial charge in [0.1, 0.15) is 6.61 Å². The van der Waals surface area contributed by atoms with Crippen LogP contribution in [0.15, 0.2) is 75.5 Å². The van der Waals surface area contributed by atoms with Crippen LogP contribution in [0.3, 0.4) is 0 Å². The topological polar surface area (TPSA) is 64.6 Å². The monoisotopic (exact) mass is 627 g/mol. The van der Waals surface area contributed by atoms with E-state index in [9.17, 15) is 9.59 Å². The van der Waals surface area contributed by atoms with Gasteiger partial charge in [0.15, 0.2) is 23.1 Å². The highest BCUT2D eigenvalue weighted by Gasteiger charge is 2.46. The first kappa shape index (κ1) is 28.7. The molecule has 2 aliphatic carbocycles. The number of carbonyl (C=O) groups is 2. The summed E-state index contributed by atoms with van der Waals surface area (Å²) in [5.41, 5.74) is 6.19. The minimum atomic E-state index is -0.442. The molecule has 0 amide bonds. The molecule has 1 N–H and O–H groups in total. The summed E-state index contributed by atoms with van der Waals surface area (Å²) >= 11 is 3.77. The molecule has 1 aliphatic heterocycles. The fraction of sp³-hybridized carbons (Fsp3) is 0.389. The number of halogens is 1. The van der Waals surface area contributed by atoms with Gasteiger partial charge in [-0.3, -0.25) is 9.59 Å². The third kappa shape index (κ3) is 5.08. The lowest BCUT2D eigenvalue weighted by molar-refractivity contribution is -0.119. The van der Waals surface area contributed by atoms with E-state index in [0.717, 1.165) is 61.9 Å². The summed E-state index contributed by atoms with van der Waals surface area (Å²) in [7, 11) is 1.63. The molecule has 0 radical (unpaired) electrons. The van der Waals surface area contributed by atoms with Gasteiger partial charge in [0.2, 0.25) is 0 Å². The van der Waals surface area contributed by atoms with Crippen molar-refractivity contribution in [1.82, 2.24) is 5.32 Å². The molecule has 3 aliphatic rings. The van der Waals surface area contributed by atoms with Crippen molar-refractivity contribution in [2.45, 2.75) is 72.8 Å². The normalized spacial score (nSPS) is 19.9. The second-order valence-electron chi connectivity index (χ2n) is 13.6. The second kappa shape index (κ2) is 10.4. The molecule has 3 aromatic rings. The third-order valence-corrected chi connectivity index (χ3v) is 9.53. The second-order valence-corrected chi connectivity index (χ2v) is 14.5. The molecule has 0 bridgehead atoms. The van der Waals surface area contributed by atoms with Gasteiger partial charge in [-0.15, -0.1) is 0 Å². The number of benzene rings is 3. The summed E-state index contributed by atoms with van der Waals surface area (Å²) in [6.07, 6.45) is 2.44. The highest BCUT2D eigenvalue weighted by molar-refractivity contribution is 9.10. The molecule has 3 aromatic carbocycles. The number of ether oxygens (including phenoxy) is 2. The lowest BCUT2D eigenvalue weighted by atomic mass is 9.64. The van der Waals surface area contributed by atoms with Crippen molar-refractivity contribution in [1.29, 1.82) is 0 Å². The first-order valence-electron chi connectivity index (χ1n) is 14.6. The van der Waals surface area contributed by atoms with Crippen LogP contribution in [0, 0.1) is 17.8 Å². The zero-order chi connectivity index (χ0) is 30.0. The predicted octanol–water partition coefficient (Wildman–Crippen LogP) is 8.47. The van der Waals surface area contributed by atoms with E-state index in [0.29, 0.717) is 30.9 Å². The van der Waals surface area contributed by atoms with Gasteiger partial charge in [0.05, 0.1) is 11.6 Å². The number of rotatable bonds is 5. The first-order valence-corrected chi connectivity index (χ1v) is 15.4. The van der Waals surface area contributed by atoms with E-state index in [1.54, 1.807) is 7.11 Å². The van der Waals surface area contributed by atoms with Crippen LogP contribution in [0.5, 0.6) is 11.5 Å². The van der Waals surface area contributed by atoms with Crippen molar-refractivity contribution in [2.75, 3.05) is 7.11 Å². The summed E-state index contributed by atoms with van der Waals surface area (Å²) in [5.74, 6) is 0.919. The molecule has 0 atom stereocenters. The molecule has 0 fully saturated rings. The largest absolute Gasteiger partial charge is 0.493 e. The fourth-order valence-corrected chi connectivity index (χ4v) is 7.62. The van der Waals surface area contributed by atoms with Crippen LogP contribution in [-0.4, -0.2) is 18.7 Å². The zero-order valence-corrected chi connectivity index (χ0v) is 26.8. The molecule has 42 heavy (non-hydrogen) atoms. The van der Waals surface area contributed by atoms with E-state index in [1.807, 2.05) is 24.3 Å². The molecule has 218 valence electrons. The number of allylic oxidation sites excluding steroid dienone is 4. The van der Waals surface area contributed by atoms with Crippen LogP contribution in [0.4, 0.5) is 0 Å². The molecule has 6 rings (SSSR count). The number of methoxy groups -OCH3 is 1. The van der Waals surface area contributed by atoms with E-state index in [1.165, 1.54) is 5.39 Å². The Hall–Kier alpha value is -3.38. The first-order chi connectivity index (χ1) is 19.9. The molecule has 0 saturated heterocycles. The van der Waals surface area contributed by atoms with Gasteiger partial charge in [0.25, 0.3) is 0 Å². The van der Waals surface area contributed by atoms with Gasteiger partial charge < -0.3 is 14.8 Å². The standard InChI is InChI=1S/C36H38BrNO4/c1-20-11-12-21-9-7-8-10-23(21)24(20)19-42-34-25(37)13-22(14-30(34)41-6)31-32-26(15-35(2,3)17-28(32)39)38-27-16-36(4,5)18-29(40)33(27)31/h7-14,31,38H,15-19H2,1-6H3. The minimum absolute atomic E-state index is 0.102. The summed E-state index contributed by atoms with van der Waals surface area (Å²) < 4.78 is 13.1.